The first-order chi connectivity index (χ1) is 8.72. The van der Waals surface area contributed by atoms with E-state index < -0.39 is 0 Å². The van der Waals surface area contributed by atoms with Crippen molar-refractivity contribution in [2.45, 2.75) is 13.2 Å². The van der Waals surface area contributed by atoms with Crippen molar-refractivity contribution in [3.8, 4) is 11.5 Å². The van der Waals surface area contributed by atoms with E-state index in [1.807, 2.05) is 30.3 Å². The maximum Gasteiger partial charge on any atom is 0.128 e. The molecule has 18 heavy (non-hydrogen) atoms. The van der Waals surface area contributed by atoms with Crippen molar-refractivity contribution < 1.29 is 9.47 Å². The van der Waals surface area contributed by atoms with Crippen molar-refractivity contribution in [2.75, 3.05) is 7.11 Å². The van der Waals surface area contributed by atoms with Gasteiger partial charge in [-0.3, -0.25) is 0 Å². The molecule has 1 heterocycles. The number of halogens is 1. The lowest BCUT2D eigenvalue weighted by atomic mass is 10.2. The Morgan fingerprint density at radius 3 is 2.72 bits per heavy atom. The Morgan fingerprint density at radius 1 is 1.28 bits per heavy atom. The van der Waals surface area contributed by atoms with Crippen LogP contribution in [-0.2, 0) is 13.2 Å². The number of thiophene rings is 1. The van der Waals surface area contributed by atoms with Crippen LogP contribution in [0.2, 0.25) is 4.34 Å². The number of ether oxygens (including phenoxy) is 2. The second-order valence-corrected chi connectivity index (χ2v) is 5.47. The summed E-state index contributed by atoms with van der Waals surface area (Å²) in [4.78, 5) is 1.07. The van der Waals surface area contributed by atoms with Gasteiger partial charge in [0.25, 0.3) is 0 Å². The van der Waals surface area contributed by atoms with Crippen molar-refractivity contribution in [1.29, 1.82) is 0 Å². The van der Waals surface area contributed by atoms with Gasteiger partial charge in [-0.1, -0.05) is 17.7 Å². The van der Waals surface area contributed by atoms with E-state index in [1.54, 1.807) is 7.11 Å². The lowest BCUT2D eigenvalue weighted by Crippen LogP contribution is -2.02. The molecule has 1 aromatic carbocycles. The molecular formula is C13H14ClNO2S. The quantitative estimate of drug-likeness (QED) is 0.914. The first-order valence-electron chi connectivity index (χ1n) is 5.47. The van der Waals surface area contributed by atoms with Crippen LogP contribution in [0.1, 0.15) is 10.4 Å². The lowest BCUT2D eigenvalue weighted by Gasteiger charge is -2.11. The van der Waals surface area contributed by atoms with Crippen LogP contribution in [0.5, 0.6) is 11.5 Å². The Hall–Kier alpha value is -1.23. The van der Waals surface area contributed by atoms with Crippen molar-refractivity contribution in [3.05, 3.63) is 45.1 Å². The van der Waals surface area contributed by atoms with Crippen LogP contribution in [0.4, 0.5) is 0 Å². The summed E-state index contributed by atoms with van der Waals surface area (Å²) in [5.41, 5.74) is 6.63. The van der Waals surface area contributed by atoms with Crippen molar-refractivity contribution in [1.82, 2.24) is 0 Å². The van der Waals surface area contributed by atoms with E-state index in [9.17, 15) is 0 Å². The molecule has 5 heteroatoms. The van der Waals surface area contributed by atoms with Crippen LogP contribution in [0.3, 0.4) is 0 Å². The van der Waals surface area contributed by atoms with E-state index in [0.29, 0.717) is 13.2 Å². The first-order valence-corrected chi connectivity index (χ1v) is 6.66. The predicted molar refractivity (Wildman–Crippen MR) is 74.5 cm³/mol. The standard InChI is InChI=1S/C13H14ClNO2S/c1-16-10-3-2-9(7-15)12(6-10)17-8-11-4-5-13(14)18-11/h2-6H,7-8,15H2,1H3. The summed E-state index contributed by atoms with van der Waals surface area (Å²) in [7, 11) is 1.63. The first kappa shape index (κ1) is 13.2. The highest BCUT2D eigenvalue weighted by Gasteiger charge is 2.06. The van der Waals surface area contributed by atoms with Crippen LogP contribution in [0.25, 0.3) is 0 Å². The Balaban J connectivity index is 2.11. The summed E-state index contributed by atoms with van der Waals surface area (Å²) in [5, 5.41) is 0. The second kappa shape index (κ2) is 6.09. The largest absolute Gasteiger partial charge is 0.497 e. The molecule has 2 aromatic rings. The normalized spacial score (nSPS) is 10.4. The summed E-state index contributed by atoms with van der Waals surface area (Å²) in [5.74, 6) is 1.51. The van der Waals surface area contributed by atoms with Crippen molar-refractivity contribution in [3.63, 3.8) is 0 Å². The fourth-order valence-electron chi connectivity index (χ4n) is 1.54. The number of methoxy groups -OCH3 is 1. The molecule has 0 atom stereocenters. The smallest absolute Gasteiger partial charge is 0.128 e. The third-order valence-corrected chi connectivity index (χ3v) is 3.70. The van der Waals surface area contributed by atoms with E-state index in [-0.39, 0.29) is 0 Å². The van der Waals surface area contributed by atoms with Crippen LogP contribution in [0, 0.1) is 0 Å². The van der Waals surface area contributed by atoms with Gasteiger partial charge in [0.2, 0.25) is 0 Å². The molecule has 2 rings (SSSR count). The molecule has 0 spiro atoms. The minimum Gasteiger partial charge on any atom is -0.497 e. The van der Waals surface area contributed by atoms with Crippen LogP contribution in [-0.4, -0.2) is 7.11 Å². The molecule has 0 bridgehead atoms. The molecule has 2 N–H and O–H groups in total. The van der Waals surface area contributed by atoms with E-state index in [0.717, 1.165) is 26.3 Å². The maximum atomic E-state index is 5.87. The fourth-order valence-corrected chi connectivity index (χ4v) is 2.54. The number of rotatable bonds is 5. The number of hydrogen-bond acceptors (Lipinski definition) is 4. The zero-order valence-electron chi connectivity index (χ0n) is 9.98. The van der Waals surface area contributed by atoms with Gasteiger partial charge < -0.3 is 15.2 Å². The minimum absolute atomic E-state index is 0.435. The second-order valence-electron chi connectivity index (χ2n) is 3.67. The summed E-state index contributed by atoms with van der Waals surface area (Å²) >= 11 is 7.38. The molecule has 1 aromatic heterocycles. The molecule has 0 aliphatic heterocycles. The maximum absolute atomic E-state index is 5.87. The highest BCUT2D eigenvalue weighted by Crippen LogP contribution is 2.27. The molecule has 0 aliphatic rings. The molecule has 0 saturated heterocycles. The molecule has 0 radical (unpaired) electrons. The monoisotopic (exact) mass is 283 g/mol. The topological polar surface area (TPSA) is 44.5 Å². The average Bonchev–Trinajstić information content (AvgIpc) is 2.81. The molecule has 0 unspecified atom stereocenters. The Bertz CT molecular complexity index is 527. The number of nitrogens with two attached hydrogens (primary N) is 1. The van der Waals surface area contributed by atoms with Crippen LogP contribution < -0.4 is 15.2 Å². The van der Waals surface area contributed by atoms with Gasteiger partial charge in [0.05, 0.1) is 11.4 Å². The van der Waals surface area contributed by atoms with Gasteiger partial charge in [-0.05, 0) is 18.2 Å². The fraction of sp³-hybridized carbons (Fsp3) is 0.231. The van der Waals surface area contributed by atoms with Gasteiger partial charge >= 0.3 is 0 Å². The summed E-state index contributed by atoms with van der Waals surface area (Å²) in [6.07, 6.45) is 0. The summed E-state index contributed by atoms with van der Waals surface area (Å²) < 4.78 is 11.7. The number of benzene rings is 1. The van der Waals surface area contributed by atoms with E-state index in [4.69, 9.17) is 26.8 Å². The van der Waals surface area contributed by atoms with Crippen molar-refractivity contribution >= 4 is 22.9 Å². The molecule has 0 saturated carbocycles. The SMILES string of the molecule is COc1ccc(CN)c(OCc2ccc(Cl)s2)c1. The molecule has 0 aliphatic carbocycles. The van der Waals surface area contributed by atoms with Gasteiger partial charge in [0, 0.05) is 23.1 Å². The number of hydrogen-bond donors (Lipinski definition) is 1. The third kappa shape index (κ3) is 3.16. The molecular weight excluding hydrogens is 270 g/mol. The molecule has 0 fully saturated rings. The Kier molecular flexibility index (Phi) is 4.47. The molecule has 3 nitrogen and oxygen atoms in total. The van der Waals surface area contributed by atoms with E-state index in [2.05, 4.69) is 0 Å². The van der Waals surface area contributed by atoms with Crippen LogP contribution in [0.15, 0.2) is 30.3 Å². The Labute approximate surface area is 115 Å². The molecule has 0 amide bonds. The molecule has 96 valence electrons. The Morgan fingerprint density at radius 2 is 2.11 bits per heavy atom. The third-order valence-electron chi connectivity index (χ3n) is 2.49. The van der Waals surface area contributed by atoms with Gasteiger partial charge in [0.15, 0.2) is 0 Å². The van der Waals surface area contributed by atoms with Crippen molar-refractivity contribution in [2.24, 2.45) is 5.73 Å². The minimum atomic E-state index is 0.435. The highest BCUT2D eigenvalue weighted by molar-refractivity contribution is 7.16. The van der Waals surface area contributed by atoms with Crippen LogP contribution >= 0.6 is 22.9 Å². The zero-order valence-corrected chi connectivity index (χ0v) is 11.6. The van der Waals surface area contributed by atoms with Gasteiger partial charge in [-0.2, -0.15) is 0 Å². The van der Waals surface area contributed by atoms with Gasteiger partial charge in [-0.15, -0.1) is 11.3 Å². The van der Waals surface area contributed by atoms with E-state index in [1.165, 1.54) is 11.3 Å². The summed E-state index contributed by atoms with van der Waals surface area (Å²) in [6, 6.07) is 9.44. The summed E-state index contributed by atoms with van der Waals surface area (Å²) in [6.45, 7) is 0.919. The van der Waals surface area contributed by atoms with Gasteiger partial charge in [0.1, 0.15) is 18.1 Å². The predicted octanol–water partition coefficient (Wildman–Crippen LogP) is 3.45. The van der Waals surface area contributed by atoms with Gasteiger partial charge in [-0.25, -0.2) is 0 Å². The van der Waals surface area contributed by atoms with E-state index >= 15 is 0 Å². The highest BCUT2D eigenvalue weighted by atomic mass is 35.5. The average molecular weight is 284 g/mol. The lowest BCUT2D eigenvalue weighted by molar-refractivity contribution is 0.304. The zero-order chi connectivity index (χ0) is 13.0.